The average Bonchev–Trinajstić information content (AvgIpc) is 2.95. The van der Waals surface area contributed by atoms with Crippen LogP contribution in [0.3, 0.4) is 0 Å². The molecule has 3 nitrogen and oxygen atoms in total. The minimum atomic E-state index is -0.312. The Hall–Kier alpha value is -2.82. The van der Waals surface area contributed by atoms with E-state index < -0.39 is 0 Å². The third-order valence-corrected chi connectivity index (χ3v) is 5.77. The molecule has 1 aliphatic heterocycles. The summed E-state index contributed by atoms with van der Waals surface area (Å²) in [5, 5.41) is 0.622. The van der Waals surface area contributed by atoms with Crippen molar-refractivity contribution in [3.63, 3.8) is 0 Å². The van der Waals surface area contributed by atoms with E-state index in [0.717, 1.165) is 16.0 Å². The van der Waals surface area contributed by atoms with Gasteiger partial charge in [-0.3, -0.25) is 9.59 Å². The molecule has 1 heterocycles. The lowest BCUT2D eigenvalue weighted by Crippen LogP contribution is -2.31. The molecule has 3 aromatic carbocycles. The summed E-state index contributed by atoms with van der Waals surface area (Å²) in [5.41, 5.74) is 2.79. The Balaban J connectivity index is 1.80. The van der Waals surface area contributed by atoms with Crippen LogP contribution in [0.4, 0.5) is 5.69 Å². The van der Waals surface area contributed by atoms with E-state index in [1.807, 2.05) is 61.5 Å². The standard InChI is InChI=1S/C23H16ClNO2S/c1-15-7-11-18(12-8-15)25-22(26)20(16-5-3-2-4-6-16)21(23(25)27)28-19-13-9-17(24)10-14-19/h2-14H,1H3. The number of halogens is 1. The molecular formula is C23H16ClNO2S. The Kier molecular flexibility index (Phi) is 5.07. The van der Waals surface area contributed by atoms with Gasteiger partial charge in [0.25, 0.3) is 11.8 Å². The van der Waals surface area contributed by atoms with Gasteiger partial charge in [0.05, 0.1) is 16.2 Å². The van der Waals surface area contributed by atoms with Gasteiger partial charge in [-0.15, -0.1) is 0 Å². The van der Waals surface area contributed by atoms with Crippen LogP contribution in [0.25, 0.3) is 5.57 Å². The Morgan fingerprint density at radius 3 is 2.07 bits per heavy atom. The average molecular weight is 406 g/mol. The highest BCUT2D eigenvalue weighted by Gasteiger charge is 2.40. The highest BCUT2D eigenvalue weighted by molar-refractivity contribution is 8.04. The number of benzene rings is 3. The fourth-order valence-electron chi connectivity index (χ4n) is 3.01. The summed E-state index contributed by atoms with van der Waals surface area (Å²) in [6, 6.07) is 23.9. The fourth-order valence-corrected chi connectivity index (χ4v) is 4.13. The van der Waals surface area contributed by atoms with E-state index in [-0.39, 0.29) is 11.8 Å². The fraction of sp³-hybridized carbons (Fsp3) is 0.0435. The molecule has 3 aromatic rings. The lowest BCUT2D eigenvalue weighted by molar-refractivity contribution is -0.119. The van der Waals surface area contributed by atoms with Gasteiger partial charge in [-0.05, 0) is 48.9 Å². The maximum Gasteiger partial charge on any atom is 0.272 e. The number of imide groups is 1. The van der Waals surface area contributed by atoms with E-state index in [4.69, 9.17) is 11.6 Å². The summed E-state index contributed by atoms with van der Waals surface area (Å²) in [7, 11) is 0. The zero-order chi connectivity index (χ0) is 19.7. The van der Waals surface area contributed by atoms with Gasteiger partial charge in [-0.1, -0.05) is 71.4 Å². The number of thioether (sulfide) groups is 1. The molecule has 4 rings (SSSR count). The molecule has 0 aromatic heterocycles. The smallest absolute Gasteiger partial charge is 0.268 e. The molecule has 0 unspecified atom stereocenters. The second-order valence-electron chi connectivity index (χ2n) is 6.41. The number of hydrogen-bond donors (Lipinski definition) is 0. The first kappa shape index (κ1) is 18.5. The minimum absolute atomic E-state index is 0.309. The van der Waals surface area contributed by atoms with E-state index in [0.29, 0.717) is 21.2 Å². The van der Waals surface area contributed by atoms with Gasteiger partial charge >= 0.3 is 0 Å². The zero-order valence-corrected chi connectivity index (χ0v) is 16.6. The molecule has 28 heavy (non-hydrogen) atoms. The number of amides is 2. The topological polar surface area (TPSA) is 37.4 Å². The van der Waals surface area contributed by atoms with Gasteiger partial charge in [0, 0.05) is 9.92 Å². The van der Waals surface area contributed by atoms with Crippen molar-refractivity contribution in [1.82, 2.24) is 0 Å². The van der Waals surface area contributed by atoms with Crippen molar-refractivity contribution in [3.8, 4) is 0 Å². The summed E-state index contributed by atoms with van der Waals surface area (Å²) in [5.74, 6) is -0.621. The van der Waals surface area contributed by atoms with Crippen LogP contribution < -0.4 is 4.90 Å². The van der Waals surface area contributed by atoms with Gasteiger partial charge < -0.3 is 0 Å². The van der Waals surface area contributed by atoms with Crippen molar-refractivity contribution in [2.24, 2.45) is 0 Å². The van der Waals surface area contributed by atoms with Crippen LogP contribution in [-0.2, 0) is 9.59 Å². The SMILES string of the molecule is Cc1ccc(N2C(=O)C(Sc3ccc(Cl)cc3)=C(c3ccccc3)C2=O)cc1. The van der Waals surface area contributed by atoms with Gasteiger partial charge in [-0.25, -0.2) is 4.90 Å². The summed E-state index contributed by atoms with van der Waals surface area (Å²) in [6.45, 7) is 1.97. The predicted molar refractivity (Wildman–Crippen MR) is 114 cm³/mol. The third kappa shape index (κ3) is 3.49. The van der Waals surface area contributed by atoms with Crippen LogP contribution in [0, 0.1) is 6.92 Å². The Labute approximate surface area is 172 Å². The number of nitrogens with zero attached hydrogens (tertiary/aromatic N) is 1. The first-order valence-electron chi connectivity index (χ1n) is 8.73. The van der Waals surface area contributed by atoms with Crippen molar-refractivity contribution < 1.29 is 9.59 Å². The van der Waals surface area contributed by atoms with Crippen LogP contribution in [0.1, 0.15) is 11.1 Å². The first-order valence-corrected chi connectivity index (χ1v) is 9.92. The van der Waals surface area contributed by atoms with E-state index >= 15 is 0 Å². The molecule has 0 fully saturated rings. The maximum absolute atomic E-state index is 13.3. The number of carbonyl (C=O) groups is 2. The van der Waals surface area contributed by atoms with Crippen LogP contribution in [0.5, 0.6) is 0 Å². The number of anilines is 1. The van der Waals surface area contributed by atoms with Crippen LogP contribution in [0.15, 0.2) is 88.7 Å². The lowest BCUT2D eigenvalue weighted by Gasteiger charge is -2.15. The molecule has 0 atom stereocenters. The van der Waals surface area contributed by atoms with Crippen molar-refractivity contribution in [2.75, 3.05) is 4.90 Å². The second kappa shape index (κ2) is 7.66. The van der Waals surface area contributed by atoms with Gasteiger partial charge in [0.15, 0.2) is 0 Å². The van der Waals surface area contributed by atoms with Gasteiger partial charge in [0.1, 0.15) is 0 Å². The molecule has 0 spiro atoms. The molecule has 2 amide bonds. The summed E-state index contributed by atoms with van der Waals surface area (Å²) >= 11 is 7.26. The molecule has 1 aliphatic rings. The number of rotatable bonds is 4. The number of hydrogen-bond acceptors (Lipinski definition) is 3. The molecule has 0 aliphatic carbocycles. The van der Waals surface area contributed by atoms with E-state index in [1.165, 1.54) is 16.7 Å². The van der Waals surface area contributed by atoms with Crippen molar-refractivity contribution in [1.29, 1.82) is 0 Å². The molecule has 0 saturated heterocycles. The highest BCUT2D eigenvalue weighted by Crippen LogP contribution is 2.41. The monoisotopic (exact) mass is 405 g/mol. The number of aryl methyl sites for hydroxylation is 1. The van der Waals surface area contributed by atoms with Crippen molar-refractivity contribution in [3.05, 3.63) is 99.9 Å². The molecule has 0 saturated carbocycles. The van der Waals surface area contributed by atoms with Gasteiger partial charge in [-0.2, -0.15) is 0 Å². The highest BCUT2D eigenvalue weighted by atomic mass is 35.5. The summed E-state index contributed by atoms with van der Waals surface area (Å²) in [6.07, 6.45) is 0. The summed E-state index contributed by atoms with van der Waals surface area (Å²) < 4.78 is 0. The minimum Gasteiger partial charge on any atom is -0.268 e. The Bertz CT molecular complexity index is 1070. The molecule has 0 bridgehead atoms. The van der Waals surface area contributed by atoms with E-state index in [9.17, 15) is 9.59 Å². The normalized spacial score (nSPS) is 14.1. The predicted octanol–water partition coefficient (Wildman–Crippen LogP) is 5.73. The molecular weight excluding hydrogens is 390 g/mol. The second-order valence-corrected chi connectivity index (χ2v) is 7.93. The third-order valence-electron chi connectivity index (χ3n) is 4.43. The quantitative estimate of drug-likeness (QED) is 0.520. The first-order chi connectivity index (χ1) is 13.5. The van der Waals surface area contributed by atoms with Crippen LogP contribution in [-0.4, -0.2) is 11.8 Å². The molecule has 0 radical (unpaired) electrons. The van der Waals surface area contributed by atoms with E-state index in [2.05, 4.69) is 0 Å². The van der Waals surface area contributed by atoms with Gasteiger partial charge in [0.2, 0.25) is 0 Å². The summed E-state index contributed by atoms with van der Waals surface area (Å²) in [4.78, 5) is 29.0. The lowest BCUT2D eigenvalue weighted by atomic mass is 10.1. The Morgan fingerprint density at radius 2 is 1.43 bits per heavy atom. The van der Waals surface area contributed by atoms with Crippen LogP contribution >= 0.6 is 23.4 Å². The zero-order valence-electron chi connectivity index (χ0n) is 15.1. The largest absolute Gasteiger partial charge is 0.272 e. The van der Waals surface area contributed by atoms with Crippen molar-refractivity contribution >= 4 is 46.4 Å². The molecule has 5 heteroatoms. The Morgan fingerprint density at radius 1 is 0.786 bits per heavy atom. The maximum atomic E-state index is 13.3. The number of carbonyl (C=O) groups excluding carboxylic acids is 2. The van der Waals surface area contributed by atoms with Crippen molar-refractivity contribution in [2.45, 2.75) is 11.8 Å². The van der Waals surface area contributed by atoms with E-state index in [1.54, 1.807) is 24.3 Å². The van der Waals surface area contributed by atoms with Crippen LogP contribution in [0.2, 0.25) is 5.02 Å². The molecule has 0 N–H and O–H groups in total. The molecule has 138 valence electrons.